The molecule has 0 fully saturated rings. The molecule has 204 valence electrons. The minimum Gasteiger partial charge on any atom is -0.454 e. The van der Waals surface area contributed by atoms with E-state index in [4.69, 9.17) is 4.42 Å². The van der Waals surface area contributed by atoms with E-state index in [1.165, 1.54) is 38.6 Å². The Morgan fingerprint density at radius 3 is 2.05 bits per heavy atom. The van der Waals surface area contributed by atoms with E-state index in [0.717, 1.165) is 39.0 Å². The van der Waals surface area contributed by atoms with Crippen molar-refractivity contribution in [2.24, 2.45) is 0 Å². The molecule has 0 radical (unpaired) electrons. The zero-order chi connectivity index (χ0) is 28.6. The van der Waals surface area contributed by atoms with Gasteiger partial charge in [0.25, 0.3) is 0 Å². The maximum absolute atomic E-state index is 6.56. The second-order valence-corrected chi connectivity index (χ2v) is 12.4. The molecule has 1 aliphatic carbocycles. The highest BCUT2D eigenvalue weighted by atomic mass is 16.3. The van der Waals surface area contributed by atoms with E-state index in [1.807, 2.05) is 6.07 Å². The van der Waals surface area contributed by atoms with E-state index < -0.39 is 0 Å². The SMILES string of the molecule is CC(C)c1ccc(N(c2ccc3c(c2)C(C)(C)c2cc4ccccc4cc2-3)c2cccc3c2oc2ccccc23)cc1. The number of furan rings is 1. The molecule has 1 aliphatic rings. The van der Waals surface area contributed by atoms with Gasteiger partial charge in [-0.2, -0.15) is 0 Å². The number of fused-ring (bicyclic) bond motifs is 7. The number of benzene rings is 6. The summed E-state index contributed by atoms with van der Waals surface area (Å²) in [6, 6.07) is 44.3. The molecule has 0 spiro atoms. The van der Waals surface area contributed by atoms with Crippen molar-refractivity contribution in [3.05, 3.63) is 138 Å². The molecule has 2 heteroatoms. The first-order valence-electron chi connectivity index (χ1n) is 14.9. The Morgan fingerprint density at radius 2 is 1.26 bits per heavy atom. The third-order valence-corrected chi connectivity index (χ3v) is 9.23. The second-order valence-electron chi connectivity index (χ2n) is 12.4. The van der Waals surface area contributed by atoms with Gasteiger partial charge in [-0.3, -0.25) is 0 Å². The van der Waals surface area contributed by atoms with Gasteiger partial charge in [0.15, 0.2) is 5.58 Å². The van der Waals surface area contributed by atoms with E-state index >= 15 is 0 Å². The molecule has 2 nitrogen and oxygen atoms in total. The predicted molar refractivity (Wildman–Crippen MR) is 178 cm³/mol. The van der Waals surface area contributed by atoms with Gasteiger partial charge in [0.1, 0.15) is 5.58 Å². The molecule has 0 amide bonds. The lowest BCUT2D eigenvalue weighted by molar-refractivity contribution is 0.661. The Labute approximate surface area is 246 Å². The molecule has 0 atom stereocenters. The molecule has 1 heterocycles. The van der Waals surface area contributed by atoms with Gasteiger partial charge < -0.3 is 9.32 Å². The first kappa shape index (κ1) is 24.9. The number of nitrogens with zero attached hydrogens (tertiary/aromatic N) is 1. The highest BCUT2D eigenvalue weighted by molar-refractivity contribution is 6.10. The van der Waals surface area contributed by atoms with E-state index in [-0.39, 0.29) is 5.41 Å². The highest BCUT2D eigenvalue weighted by Gasteiger charge is 2.36. The Morgan fingerprint density at radius 1 is 0.595 bits per heavy atom. The van der Waals surface area contributed by atoms with Gasteiger partial charge in [0.05, 0.1) is 5.69 Å². The summed E-state index contributed by atoms with van der Waals surface area (Å²) in [6.45, 7) is 9.20. The second kappa shape index (κ2) is 9.09. The zero-order valence-corrected chi connectivity index (χ0v) is 24.5. The summed E-state index contributed by atoms with van der Waals surface area (Å²) in [5, 5.41) is 4.85. The van der Waals surface area contributed by atoms with Crippen LogP contribution in [0, 0.1) is 0 Å². The molecule has 0 N–H and O–H groups in total. The standard InChI is InChI=1S/C40H33NO/c1-25(2)26-16-18-29(19-17-26)41(37-14-9-13-33-32-12-7-8-15-38(32)42-39(33)37)30-20-21-31-34-22-27-10-5-6-11-28(27)23-35(34)40(3,4)36(31)24-30/h5-25H,1-4H3. The minimum absolute atomic E-state index is 0.122. The smallest absolute Gasteiger partial charge is 0.159 e. The summed E-state index contributed by atoms with van der Waals surface area (Å²) in [6.07, 6.45) is 0. The van der Waals surface area contributed by atoms with Crippen molar-refractivity contribution in [2.75, 3.05) is 4.90 Å². The lowest BCUT2D eigenvalue weighted by Gasteiger charge is -2.28. The van der Waals surface area contributed by atoms with Crippen LogP contribution in [-0.2, 0) is 5.41 Å². The Hall–Kier alpha value is -4.82. The number of hydrogen-bond acceptors (Lipinski definition) is 2. The molecule has 7 aromatic rings. The monoisotopic (exact) mass is 543 g/mol. The van der Waals surface area contributed by atoms with Crippen molar-refractivity contribution in [2.45, 2.75) is 39.0 Å². The summed E-state index contributed by atoms with van der Waals surface area (Å²) in [7, 11) is 0. The van der Waals surface area contributed by atoms with E-state index in [1.54, 1.807) is 0 Å². The fraction of sp³-hybridized carbons (Fsp3) is 0.150. The van der Waals surface area contributed by atoms with Crippen LogP contribution in [0.1, 0.15) is 50.3 Å². The van der Waals surface area contributed by atoms with Gasteiger partial charge in [0.2, 0.25) is 0 Å². The summed E-state index contributed by atoms with van der Waals surface area (Å²) in [4.78, 5) is 2.37. The quantitative estimate of drug-likeness (QED) is 0.219. The molecule has 0 bridgehead atoms. The summed E-state index contributed by atoms with van der Waals surface area (Å²) >= 11 is 0. The average molecular weight is 544 g/mol. The van der Waals surface area contributed by atoms with Crippen LogP contribution in [-0.4, -0.2) is 0 Å². The number of rotatable bonds is 4. The van der Waals surface area contributed by atoms with Crippen LogP contribution in [0.15, 0.2) is 126 Å². The summed E-state index contributed by atoms with van der Waals surface area (Å²) in [5.74, 6) is 0.473. The molecule has 0 saturated heterocycles. The van der Waals surface area contributed by atoms with Crippen molar-refractivity contribution in [3.63, 3.8) is 0 Å². The van der Waals surface area contributed by atoms with Gasteiger partial charge in [0, 0.05) is 27.6 Å². The Bertz CT molecular complexity index is 2150. The van der Waals surface area contributed by atoms with Crippen molar-refractivity contribution < 1.29 is 4.42 Å². The number of anilines is 3. The van der Waals surface area contributed by atoms with Crippen LogP contribution in [0.25, 0.3) is 43.8 Å². The predicted octanol–water partition coefficient (Wildman–Crippen LogP) is 11.6. The minimum atomic E-state index is -0.122. The van der Waals surface area contributed by atoms with Gasteiger partial charge in [-0.15, -0.1) is 0 Å². The van der Waals surface area contributed by atoms with Crippen LogP contribution in [0.5, 0.6) is 0 Å². The maximum atomic E-state index is 6.56. The van der Waals surface area contributed by atoms with E-state index in [0.29, 0.717) is 5.92 Å². The maximum Gasteiger partial charge on any atom is 0.159 e. The third-order valence-electron chi connectivity index (χ3n) is 9.23. The van der Waals surface area contributed by atoms with Gasteiger partial charge in [-0.25, -0.2) is 0 Å². The Kier molecular flexibility index (Phi) is 5.40. The van der Waals surface area contributed by atoms with Crippen LogP contribution < -0.4 is 4.90 Å². The molecule has 8 rings (SSSR count). The van der Waals surface area contributed by atoms with Gasteiger partial charge in [-0.1, -0.05) is 100 Å². The lowest BCUT2D eigenvalue weighted by atomic mass is 9.81. The first-order chi connectivity index (χ1) is 20.4. The van der Waals surface area contributed by atoms with Crippen molar-refractivity contribution in [1.29, 1.82) is 0 Å². The topological polar surface area (TPSA) is 16.4 Å². The molecule has 0 aliphatic heterocycles. The fourth-order valence-electron chi connectivity index (χ4n) is 6.89. The van der Waals surface area contributed by atoms with Crippen LogP contribution in [0.4, 0.5) is 17.1 Å². The zero-order valence-electron chi connectivity index (χ0n) is 24.5. The molecular weight excluding hydrogens is 510 g/mol. The Balaban J connectivity index is 1.35. The molecule has 42 heavy (non-hydrogen) atoms. The van der Waals surface area contributed by atoms with Crippen LogP contribution >= 0.6 is 0 Å². The third kappa shape index (κ3) is 3.65. The average Bonchev–Trinajstić information content (AvgIpc) is 3.49. The molecule has 0 saturated carbocycles. The number of hydrogen-bond donors (Lipinski definition) is 0. The summed E-state index contributed by atoms with van der Waals surface area (Å²) < 4.78 is 6.56. The van der Waals surface area contributed by atoms with Crippen molar-refractivity contribution >= 4 is 49.8 Å². The van der Waals surface area contributed by atoms with Crippen molar-refractivity contribution in [1.82, 2.24) is 0 Å². The molecular formula is C40H33NO. The fourth-order valence-corrected chi connectivity index (χ4v) is 6.89. The summed E-state index contributed by atoms with van der Waals surface area (Å²) in [5.41, 5.74) is 11.7. The molecule has 6 aromatic carbocycles. The first-order valence-corrected chi connectivity index (χ1v) is 14.9. The van der Waals surface area contributed by atoms with E-state index in [2.05, 4.69) is 148 Å². The lowest BCUT2D eigenvalue weighted by Crippen LogP contribution is -2.16. The van der Waals surface area contributed by atoms with E-state index in [9.17, 15) is 0 Å². The molecule has 0 unspecified atom stereocenters. The number of para-hydroxylation sites is 2. The van der Waals surface area contributed by atoms with Gasteiger partial charge >= 0.3 is 0 Å². The highest BCUT2D eigenvalue weighted by Crippen LogP contribution is 2.52. The van der Waals surface area contributed by atoms with Crippen LogP contribution in [0.2, 0.25) is 0 Å². The normalized spacial score (nSPS) is 13.6. The molecule has 1 aromatic heterocycles. The largest absolute Gasteiger partial charge is 0.454 e. The van der Waals surface area contributed by atoms with Crippen molar-refractivity contribution in [3.8, 4) is 11.1 Å². The van der Waals surface area contributed by atoms with Gasteiger partial charge in [-0.05, 0) is 93.0 Å². The van der Waals surface area contributed by atoms with Crippen LogP contribution in [0.3, 0.4) is 0 Å².